The van der Waals surface area contributed by atoms with Gasteiger partial charge in [-0.3, -0.25) is 14.2 Å². The van der Waals surface area contributed by atoms with Crippen molar-refractivity contribution >= 4 is 62.0 Å². The molecule has 0 saturated heterocycles. The number of ether oxygens (including phenoxy) is 2. The first-order valence-electron chi connectivity index (χ1n) is 13.8. The highest BCUT2D eigenvalue weighted by atomic mass is 79.9. The third kappa shape index (κ3) is 5.21. The normalized spacial score (nSPS) is 17.0. The number of hydrogen-bond acceptors (Lipinski definition) is 7. The monoisotopic (exact) mass is 691 g/mol. The van der Waals surface area contributed by atoms with Crippen LogP contribution >= 0.6 is 38.9 Å². The minimum atomic E-state index is -0.959. The van der Waals surface area contributed by atoms with Gasteiger partial charge in [0.15, 0.2) is 4.80 Å². The summed E-state index contributed by atoms with van der Waals surface area (Å²) in [6.07, 6.45) is -0.405. The fourth-order valence-corrected chi connectivity index (χ4v) is 7.25. The number of allylic oxidation sites excluding steroid dienone is 1. The van der Waals surface area contributed by atoms with E-state index in [-0.39, 0.29) is 21.6 Å². The maximum Gasteiger partial charge on any atom is 0.338 e. The molecule has 44 heavy (non-hydrogen) atoms. The molecule has 2 aliphatic heterocycles. The molecule has 0 unspecified atom stereocenters. The second-order valence-electron chi connectivity index (χ2n) is 10.7. The number of methoxy groups -OCH3 is 1. The molecular weight excluding hydrogens is 666 g/mol. The van der Waals surface area contributed by atoms with Crippen LogP contribution in [0.3, 0.4) is 0 Å². The number of nitrogens with zero attached hydrogens (tertiary/aromatic N) is 3. The summed E-state index contributed by atoms with van der Waals surface area (Å²) < 4.78 is 13.7. The highest BCUT2D eigenvalue weighted by Gasteiger charge is 2.38. The van der Waals surface area contributed by atoms with Gasteiger partial charge in [-0.05, 0) is 62.7 Å². The number of aromatic nitrogens is 1. The van der Waals surface area contributed by atoms with Crippen LogP contribution in [0.2, 0.25) is 5.02 Å². The molecule has 1 atom stereocenters. The summed E-state index contributed by atoms with van der Waals surface area (Å²) in [5.41, 5.74) is 3.19. The zero-order valence-electron chi connectivity index (χ0n) is 24.3. The van der Waals surface area contributed by atoms with Gasteiger partial charge in [-0.25, -0.2) is 9.79 Å². The summed E-state index contributed by atoms with van der Waals surface area (Å²) >= 11 is 11.1. The van der Waals surface area contributed by atoms with Crippen molar-refractivity contribution in [3.8, 4) is 5.75 Å². The van der Waals surface area contributed by atoms with E-state index >= 15 is 0 Å². The Hall–Kier alpha value is -3.99. The summed E-state index contributed by atoms with van der Waals surface area (Å²) in [5.74, 6) is -0.465. The van der Waals surface area contributed by atoms with E-state index in [2.05, 4.69) is 20.9 Å². The molecule has 0 saturated carbocycles. The van der Waals surface area contributed by atoms with Gasteiger partial charge in [-0.2, -0.15) is 0 Å². The number of amides is 1. The standard InChI is InChI=1S/C33H27BrClN3O5S/c1-17(2)43-32(41)26-18(3)36-33-38(28(26)23-15-21(35)11-13-25(23)42-4)31(40)29(44-33)27-22-14-20(34)10-12-24(22)37(30(27)39)16-19-8-6-5-7-9-19/h5-15,17,28H,16H2,1-4H3/b29-27+/t28-/m1/s1. The van der Waals surface area contributed by atoms with Crippen molar-refractivity contribution in [3.05, 3.63) is 124 Å². The SMILES string of the molecule is COc1ccc(Cl)cc1[C@@H]1C(C(=O)OC(C)C)=C(C)N=c2s/c(=C3/C(=O)N(Cc4ccccc4)c4ccc(Br)cc43)c(=O)n21. The predicted octanol–water partition coefficient (Wildman–Crippen LogP) is 5.53. The first-order chi connectivity index (χ1) is 21.1. The first-order valence-corrected chi connectivity index (χ1v) is 15.8. The van der Waals surface area contributed by atoms with Crippen molar-refractivity contribution in [3.63, 3.8) is 0 Å². The second kappa shape index (κ2) is 11.8. The molecule has 2 aliphatic rings. The first kappa shape index (κ1) is 30.1. The number of esters is 1. The highest BCUT2D eigenvalue weighted by molar-refractivity contribution is 9.10. The lowest BCUT2D eigenvalue weighted by Gasteiger charge is -2.26. The van der Waals surface area contributed by atoms with Crippen LogP contribution in [0, 0.1) is 0 Å². The van der Waals surface area contributed by atoms with Crippen LogP contribution < -0.4 is 24.5 Å². The molecule has 1 aromatic heterocycles. The van der Waals surface area contributed by atoms with Gasteiger partial charge in [0.2, 0.25) is 0 Å². The number of hydrogen-bond donors (Lipinski definition) is 0. The van der Waals surface area contributed by atoms with Crippen molar-refractivity contribution in [2.24, 2.45) is 4.99 Å². The average molecular weight is 693 g/mol. The zero-order chi connectivity index (χ0) is 31.3. The van der Waals surface area contributed by atoms with Crippen molar-refractivity contribution in [1.82, 2.24) is 4.57 Å². The van der Waals surface area contributed by atoms with Crippen molar-refractivity contribution in [2.75, 3.05) is 12.0 Å². The lowest BCUT2D eigenvalue weighted by molar-refractivity contribution is -0.143. The molecule has 6 rings (SSSR count). The summed E-state index contributed by atoms with van der Waals surface area (Å²) in [5, 5.41) is 0.401. The van der Waals surface area contributed by atoms with Crippen LogP contribution in [0.25, 0.3) is 5.57 Å². The summed E-state index contributed by atoms with van der Waals surface area (Å²) in [4.78, 5) is 49.0. The number of anilines is 1. The van der Waals surface area contributed by atoms with Gasteiger partial charge in [0.25, 0.3) is 11.5 Å². The van der Waals surface area contributed by atoms with E-state index in [0.29, 0.717) is 44.6 Å². The van der Waals surface area contributed by atoms with E-state index in [9.17, 15) is 14.4 Å². The number of carbonyl (C=O) groups excluding carboxylic acids is 2. The van der Waals surface area contributed by atoms with Gasteiger partial charge < -0.3 is 14.4 Å². The molecule has 3 aromatic carbocycles. The van der Waals surface area contributed by atoms with Gasteiger partial charge in [0.05, 0.1) is 42.3 Å². The maximum absolute atomic E-state index is 14.5. The third-order valence-electron chi connectivity index (χ3n) is 7.43. The van der Waals surface area contributed by atoms with Crippen LogP contribution in [-0.2, 0) is 20.9 Å². The largest absolute Gasteiger partial charge is 0.496 e. The van der Waals surface area contributed by atoms with Crippen LogP contribution in [0.5, 0.6) is 5.75 Å². The van der Waals surface area contributed by atoms with Gasteiger partial charge >= 0.3 is 5.97 Å². The number of carbonyl (C=O) groups is 2. The highest BCUT2D eigenvalue weighted by Crippen LogP contribution is 2.40. The predicted molar refractivity (Wildman–Crippen MR) is 174 cm³/mol. The fraction of sp³-hybridized carbons (Fsp3) is 0.212. The summed E-state index contributed by atoms with van der Waals surface area (Å²) in [7, 11) is 1.51. The van der Waals surface area contributed by atoms with Gasteiger partial charge in [-0.1, -0.05) is 69.2 Å². The second-order valence-corrected chi connectivity index (χ2v) is 13.0. The molecule has 11 heteroatoms. The van der Waals surface area contributed by atoms with Gasteiger partial charge in [0.1, 0.15) is 16.3 Å². The van der Waals surface area contributed by atoms with E-state index in [0.717, 1.165) is 21.4 Å². The Morgan fingerprint density at radius 3 is 2.55 bits per heavy atom. The van der Waals surface area contributed by atoms with E-state index in [1.54, 1.807) is 43.9 Å². The Balaban J connectivity index is 1.62. The van der Waals surface area contributed by atoms with Crippen LogP contribution in [0.4, 0.5) is 5.69 Å². The molecule has 224 valence electrons. The lowest BCUT2D eigenvalue weighted by atomic mass is 9.95. The van der Waals surface area contributed by atoms with Gasteiger partial charge in [0, 0.05) is 20.6 Å². The lowest BCUT2D eigenvalue weighted by Crippen LogP contribution is -2.41. The number of rotatable bonds is 6. The van der Waals surface area contributed by atoms with Crippen LogP contribution in [0.15, 0.2) is 92.3 Å². The minimum Gasteiger partial charge on any atom is -0.496 e. The Morgan fingerprint density at radius 1 is 1.09 bits per heavy atom. The summed E-state index contributed by atoms with van der Waals surface area (Å²) in [6.45, 7) is 5.54. The van der Waals surface area contributed by atoms with Crippen molar-refractivity contribution < 1.29 is 19.1 Å². The molecule has 0 radical (unpaired) electrons. The Morgan fingerprint density at radius 2 is 1.84 bits per heavy atom. The molecule has 0 N–H and O–H groups in total. The smallest absolute Gasteiger partial charge is 0.338 e. The third-order valence-corrected chi connectivity index (χ3v) is 9.22. The molecule has 0 aliphatic carbocycles. The van der Waals surface area contributed by atoms with E-state index < -0.39 is 23.7 Å². The van der Waals surface area contributed by atoms with E-state index in [1.807, 2.05) is 48.5 Å². The Bertz CT molecular complexity index is 2050. The Labute approximate surface area is 270 Å². The topological polar surface area (TPSA) is 90.2 Å². The van der Waals surface area contributed by atoms with Crippen molar-refractivity contribution in [2.45, 2.75) is 39.5 Å². The quantitative estimate of drug-likeness (QED) is 0.248. The summed E-state index contributed by atoms with van der Waals surface area (Å²) in [6, 6.07) is 19.3. The molecular formula is C33H27BrClN3O5S. The van der Waals surface area contributed by atoms with E-state index in [4.69, 9.17) is 21.1 Å². The molecule has 0 bridgehead atoms. The average Bonchev–Trinajstić information content (AvgIpc) is 3.43. The maximum atomic E-state index is 14.5. The minimum absolute atomic E-state index is 0.190. The Kier molecular flexibility index (Phi) is 8.08. The molecule has 8 nitrogen and oxygen atoms in total. The fourth-order valence-electron chi connectivity index (χ4n) is 5.57. The molecule has 4 aromatic rings. The number of thiazole rings is 1. The van der Waals surface area contributed by atoms with Crippen LogP contribution in [0.1, 0.15) is 43.5 Å². The van der Waals surface area contributed by atoms with Crippen molar-refractivity contribution in [1.29, 1.82) is 0 Å². The molecule has 3 heterocycles. The zero-order valence-corrected chi connectivity index (χ0v) is 27.4. The number of halogens is 2. The molecule has 1 amide bonds. The molecule has 0 spiro atoms. The van der Waals surface area contributed by atoms with Crippen LogP contribution in [-0.4, -0.2) is 29.7 Å². The number of benzene rings is 3. The number of fused-ring (bicyclic) bond motifs is 2. The van der Waals surface area contributed by atoms with E-state index in [1.165, 1.54) is 11.7 Å². The van der Waals surface area contributed by atoms with Gasteiger partial charge in [-0.15, -0.1) is 0 Å². The molecule has 0 fully saturated rings.